The standard InChI is InChI=1S/C23H31N3O2P/c27-26(28)22-14-12-21(13-15-22)20-29(23-10-4-1-5-11-23,24-16-6-2-7-17-24)25-18-8-3-9-19-25/h1,4-5,10-15H,2-3,6-9,16-20H2/q+1. The summed E-state index contributed by atoms with van der Waals surface area (Å²) < 4.78 is 5.61. The van der Waals surface area contributed by atoms with E-state index in [1.54, 1.807) is 12.1 Å². The minimum Gasteiger partial charge on any atom is -0.258 e. The molecule has 0 unspecified atom stereocenters. The molecule has 29 heavy (non-hydrogen) atoms. The Kier molecular flexibility index (Phi) is 6.59. The smallest absolute Gasteiger partial charge is 0.258 e. The molecular weight excluding hydrogens is 381 g/mol. The summed E-state index contributed by atoms with van der Waals surface area (Å²) in [6.45, 7) is 4.64. The number of nitro benzene ring substituents is 1. The number of hydrogen-bond donors (Lipinski definition) is 0. The van der Waals surface area contributed by atoms with Gasteiger partial charge in [-0.05, 0) is 55.5 Å². The Labute approximate surface area is 174 Å². The first kappa shape index (κ1) is 20.5. The largest absolute Gasteiger partial charge is 0.269 e. The first-order valence-electron chi connectivity index (χ1n) is 10.9. The zero-order valence-electron chi connectivity index (χ0n) is 17.1. The molecule has 5 nitrogen and oxygen atoms in total. The molecule has 2 aromatic carbocycles. The van der Waals surface area contributed by atoms with Crippen molar-refractivity contribution in [1.29, 1.82) is 0 Å². The van der Waals surface area contributed by atoms with E-state index < -0.39 is 7.56 Å². The van der Waals surface area contributed by atoms with Gasteiger partial charge in [-0.15, -0.1) is 0 Å². The van der Waals surface area contributed by atoms with Gasteiger partial charge in [-0.2, -0.15) is 9.34 Å². The summed E-state index contributed by atoms with van der Waals surface area (Å²) in [6, 6.07) is 18.4. The van der Waals surface area contributed by atoms with Crippen LogP contribution in [0.25, 0.3) is 0 Å². The lowest BCUT2D eigenvalue weighted by molar-refractivity contribution is -0.384. The molecule has 6 heteroatoms. The highest BCUT2D eigenvalue weighted by molar-refractivity contribution is 7.78. The van der Waals surface area contributed by atoms with Crippen LogP contribution >= 0.6 is 7.56 Å². The maximum Gasteiger partial charge on any atom is 0.269 e. The second-order valence-corrected chi connectivity index (χ2v) is 11.6. The normalized spacial score (nSPS) is 19.2. The van der Waals surface area contributed by atoms with Gasteiger partial charge in [0.05, 0.1) is 4.92 Å². The highest BCUT2D eigenvalue weighted by atomic mass is 31.2. The first-order chi connectivity index (χ1) is 14.2. The Morgan fingerprint density at radius 2 is 1.28 bits per heavy atom. The van der Waals surface area contributed by atoms with Crippen molar-refractivity contribution < 1.29 is 4.92 Å². The molecule has 0 aromatic heterocycles. The SMILES string of the molecule is O=[N+]([O-])c1ccc(C[P+](c2ccccc2)(N2CCCCC2)N2CCCCC2)cc1. The lowest BCUT2D eigenvalue weighted by Crippen LogP contribution is -2.46. The van der Waals surface area contributed by atoms with Crippen LogP contribution in [0.3, 0.4) is 0 Å². The minimum absolute atomic E-state index is 0.174. The van der Waals surface area contributed by atoms with Gasteiger partial charge in [0.1, 0.15) is 11.5 Å². The van der Waals surface area contributed by atoms with Crippen LogP contribution in [0.15, 0.2) is 54.6 Å². The van der Waals surface area contributed by atoms with E-state index in [4.69, 9.17) is 0 Å². The van der Waals surface area contributed by atoms with Crippen LogP contribution in [0.2, 0.25) is 0 Å². The summed E-state index contributed by atoms with van der Waals surface area (Å²) in [7, 11) is -1.76. The van der Waals surface area contributed by atoms with Gasteiger partial charge >= 0.3 is 0 Å². The molecule has 0 atom stereocenters. The van der Waals surface area contributed by atoms with E-state index in [1.807, 2.05) is 12.1 Å². The van der Waals surface area contributed by atoms with E-state index in [2.05, 4.69) is 39.7 Å². The van der Waals surface area contributed by atoms with Crippen molar-refractivity contribution in [3.63, 3.8) is 0 Å². The number of piperidine rings is 2. The van der Waals surface area contributed by atoms with Crippen LogP contribution in [-0.4, -0.2) is 40.4 Å². The third-order valence-electron chi connectivity index (χ3n) is 6.32. The van der Waals surface area contributed by atoms with E-state index in [0.717, 1.165) is 32.3 Å². The fraction of sp³-hybridized carbons (Fsp3) is 0.478. The molecule has 2 aliphatic rings. The molecule has 0 radical (unpaired) electrons. The topological polar surface area (TPSA) is 49.6 Å². The number of non-ortho nitro benzene ring substituents is 1. The van der Waals surface area contributed by atoms with E-state index in [-0.39, 0.29) is 10.6 Å². The van der Waals surface area contributed by atoms with Gasteiger partial charge in [0.25, 0.3) is 5.69 Å². The fourth-order valence-electron chi connectivity index (χ4n) is 4.86. The first-order valence-corrected chi connectivity index (χ1v) is 12.8. The van der Waals surface area contributed by atoms with Gasteiger partial charge < -0.3 is 0 Å². The third kappa shape index (κ3) is 4.37. The van der Waals surface area contributed by atoms with Crippen molar-refractivity contribution in [3.8, 4) is 0 Å². The summed E-state index contributed by atoms with van der Waals surface area (Å²) >= 11 is 0. The Morgan fingerprint density at radius 3 is 1.76 bits per heavy atom. The van der Waals surface area contributed by atoms with Crippen molar-refractivity contribution >= 4 is 18.6 Å². The van der Waals surface area contributed by atoms with Crippen molar-refractivity contribution in [3.05, 3.63) is 70.3 Å². The zero-order valence-corrected chi connectivity index (χ0v) is 18.0. The number of nitro groups is 1. The van der Waals surface area contributed by atoms with Gasteiger partial charge in [-0.25, -0.2) is 0 Å². The Bertz CT molecular complexity index is 783. The average molecular weight is 412 g/mol. The van der Waals surface area contributed by atoms with Crippen LogP contribution in [-0.2, 0) is 6.16 Å². The molecule has 154 valence electrons. The predicted octanol–water partition coefficient (Wildman–Crippen LogP) is 5.24. The van der Waals surface area contributed by atoms with Gasteiger partial charge in [0.15, 0.2) is 7.56 Å². The zero-order chi connectivity index (χ0) is 20.1. The molecule has 4 rings (SSSR count). The fourth-order valence-corrected chi connectivity index (χ4v) is 9.71. The monoisotopic (exact) mass is 412 g/mol. The van der Waals surface area contributed by atoms with Gasteiger partial charge in [0, 0.05) is 38.3 Å². The number of nitrogens with zero attached hydrogens (tertiary/aromatic N) is 3. The number of hydrogen-bond acceptors (Lipinski definition) is 4. The van der Waals surface area contributed by atoms with E-state index in [0.29, 0.717) is 0 Å². The molecule has 0 saturated carbocycles. The van der Waals surface area contributed by atoms with E-state index in [9.17, 15) is 10.1 Å². The van der Waals surface area contributed by atoms with Crippen molar-refractivity contribution in [2.45, 2.75) is 44.7 Å². The van der Waals surface area contributed by atoms with Crippen molar-refractivity contribution in [2.24, 2.45) is 0 Å². The molecule has 2 aromatic rings. The second kappa shape index (κ2) is 9.34. The minimum atomic E-state index is -1.76. The lowest BCUT2D eigenvalue weighted by atomic mass is 10.2. The molecule has 0 bridgehead atoms. The van der Waals surface area contributed by atoms with E-state index in [1.165, 1.54) is 49.4 Å². The van der Waals surface area contributed by atoms with Crippen molar-refractivity contribution in [1.82, 2.24) is 9.34 Å². The maximum atomic E-state index is 11.1. The molecular formula is C23H31N3O2P+. The maximum absolute atomic E-state index is 11.1. The lowest BCUT2D eigenvalue weighted by Gasteiger charge is -2.45. The van der Waals surface area contributed by atoms with Crippen LogP contribution in [0.4, 0.5) is 5.69 Å². The Hall–Kier alpha value is -1.81. The van der Waals surface area contributed by atoms with Crippen molar-refractivity contribution in [2.75, 3.05) is 26.2 Å². The quantitative estimate of drug-likeness (QED) is 0.370. The number of benzene rings is 2. The third-order valence-corrected chi connectivity index (χ3v) is 10.9. The molecule has 2 aliphatic heterocycles. The molecule has 2 fully saturated rings. The Balaban J connectivity index is 1.78. The molecule has 0 amide bonds. The summed E-state index contributed by atoms with van der Waals surface area (Å²) in [5.41, 5.74) is 1.39. The Morgan fingerprint density at radius 1 is 0.759 bits per heavy atom. The molecule has 0 spiro atoms. The summed E-state index contributed by atoms with van der Waals surface area (Å²) in [5, 5.41) is 12.6. The second-order valence-electron chi connectivity index (χ2n) is 8.18. The van der Waals surface area contributed by atoms with Crippen LogP contribution in [0.5, 0.6) is 0 Å². The molecule has 0 aliphatic carbocycles. The van der Waals surface area contributed by atoms with Crippen LogP contribution in [0, 0.1) is 10.1 Å². The molecule has 0 N–H and O–H groups in total. The highest BCUT2D eigenvalue weighted by Crippen LogP contribution is 2.67. The van der Waals surface area contributed by atoms with Gasteiger partial charge in [0.2, 0.25) is 0 Å². The summed E-state index contributed by atoms with van der Waals surface area (Å²) in [4.78, 5) is 10.8. The van der Waals surface area contributed by atoms with E-state index >= 15 is 0 Å². The van der Waals surface area contributed by atoms with Gasteiger partial charge in [-0.1, -0.05) is 31.0 Å². The number of rotatable bonds is 6. The van der Waals surface area contributed by atoms with Crippen LogP contribution in [0.1, 0.15) is 44.1 Å². The van der Waals surface area contributed by atoms with Crippen LogP contribution < -0.4 is 5.30 Å². The average Bonchev–Trinajstić information content (AvgIpc) is 2.79. The molecule has 2 heterocycles. The van der Waals surface area contributed by atoms with Gasteiger partial charge in [-0.3, -0.25) is 10.1 Å². The predicted molar refractivity (Wildman–Crippen MR) is 121 cm³/mol. The highest BCUT2D eigenvalue weighted by Gasteiger charge is 2.53. The summed E-state index contributed by atoms with van der Waals surface area (Å²) in [6.07, 6.45) is 8.68. The molecule has 2 saturated heterocycles. The summed E-state index contributed by atoms with van der Waals surface area (Å²) in [5.74, 6) is 0.